The number of ether oxygens (including phenoxy) is 1. The summed E-state index contributed by atoms with van der Waals surface area (Å²) in [6.07, 6.45) is 3.76. The molecule has 3 nitrogen and oxygen atoms in total. The molecule has 1 aromatic carbocycles. The van der Waals surface area contributed by atoms with Gasteiger partial charge in [-0.1, -0.05) is 6.08 Å². The van der Waals surface area contributed by atoms with Gasteiger partial charge < -0.3 is 10.1 Å². The summed E-state index contributed by atoms with van der Waals surface area (Å²) in [5.41, 5.74) is 0.941. The van der Waals surface area contributed by atoms with Gasteiger partial charge in [0.1, 0.15) is 11.6 Å². The lowest BCUT2D eigenvalue weighted by Gasteiger charge is -2.35. The molecule has 1 N–H and O–H groups in total. The van der Waals surface area contributed by atoms with Crippen LogP contribution in [0.1, 0.15) is 24.4 Å². The van der Waals surface area contributed by atoms with Gasteiger partial charge in [-0.25, -0.2) is 4.39 Å². The predicted molar refractivity (Wildman–Crippen MR) is 94.1 cm³/mol. The molecule has 126 valence electrons. The van der Waals surface area contributed by atoms with E-state index in [0.29, 0.717) is 0 Å². The van der Waals surface area contributed by atoms with Crippen LogP contribution in [-0.2, 0) is 0 Å². The minimum Gasteiger partial charge on any atom is -0.496 e. The zero-order chi connectivity index (χ0) is 14.4. The highest BCUT2D eigenvalue weighted by Gasteiger charge is 2.24. The Morgan fingerprint density at radius 3 is 2.64 bits per heavy atom. The highest BCUT2D eigenvalue weighted by Crippen LogP contribution is 2.33. The third-order valence-electron chi connectivity index (χ3n) is 3.79. The Balaban J connectivity index is 0.00000220. The summed E-state index contributed by atoms with van der Waals surface area (Å²) in [6.45, 7) is 7.69. The molecule has 2 rings (SSSR count). The summed E-state index contributed by atoms with van der Waals surface area (Å²) in [5, 5.41) is 3.35. The molecule has 1 fully saturated rings. The number of piperazine rings is 1. The van der Waals surface area contributed by atoms with Crippen LogP contribution in [0.15, 0.2) is 30.9 Å². The van der Waals surface area contributed by atoms with Gasteiger partial charge in [-0.2, -0.15) is 0 Å². The lowest BCUT2D eigenvalue weighted by atomic mass is 9.98. The Bertz CT molecular complexity index is 454. The van der Waals surface area contributed by atoms with Crippen molar-refractivity contribution < 1.29 is 9.13 Å². The van der Waals surface area contributed by atoms with Crippen LogP contribution in [0, 0.1) is 5.82 Å². The van der Waals surface area contributed by atoms with Crippen molar-refractivity contribution >= 4 is 24.8 Å². The summed E-state index contributed by atoms with van der Waals surface area (Å²) < 4.78 is 19.0. The molecule has 1 aliphatic heterocycles. The number of hydrogen-bond acceptors (Lipinski definition) is 3. The molecule has 0 saturated carbocycles. The number of halogens is 3. The van der Waals surface area contributed by atoms with Crippen molar-refractivity contribution in [2.75, 3.05) is 33.3 Å². The molecular weight excluding hydrogens is 326 g/mol. The number of benzene rings is 1. The lowest BCUT2D eigenvalue weighted by Crippen LogP contribution is -2.45. The smallest absolute Gasteiger partial charge is 0.123 e. The van der Waals surface area contributed by atoms with Gasteiger partial charge in [0.15, 0.2) is 0 Å². The Labute approximate surface area is 144 Å². The monoisotopic (exact) mass is 350 g/mol. The first-order valence-corrected chi connectivity index (χ1v) is 7.15. The van der Waals surface area contributed by atoms with E-state index in [1.807, 2.05) is 6.08 Å². The molecule has 6 heteroatoms. The van der Waals surface area contributed by atoms with E-state index < -0.39 is 0 Å². The van der Waals surface area contributed by atoms with Crippen LogP contribution in [-0.4, -0.2) is 38.2 Å². The second kappa shape index (κ2) is 10.8. The van der Waals surface area contributed by atoms with Crippen LogP contribution >= 0.6 is 24.8 Å². The first-order valence-electron chi connectivity index (χ1n) is 7.15. The number of nitrogens with zero attached hydrogens (tertiary/aromatic N) is 1. The molecule has 0 spiro atoms. The molecular formula is C16H25Cl2FN2O. The molecule has 1 saturated heterocycles. The van der Waals surface area contributed by atoms with Gasteiger partial charge in [0, 0.05) is 37.8 Å². The predicted octanol–water partition coefficient (Wildman–Crippen LogP) is 3.59. The van der Waals surface area contributed by atoms with E-state index in [0.717, 1.165) is 50.3 Å². The van der Waals surface area contributed by atoms with Crippen LogP contribution in [0.2, 0.25) is 0 Å². The maximum atomic E-state index is 13.6. The van der Waals surface area contributed by atoms with Crippen molar-refractivity contribution in [2.45, 2.75) is 18.9 Å². The Morgan fingerprint density at radius 2 is 2.05 bits per heavy atom. The fourth-order valence-corrected chi connectivity index (χ4v) is 2.77. The highest BCUT2D eigenvalue weighted by molar-refractivity contribution is 5.85. The second-order valence-electron chi connectivity index (χ2n) is 5.05. The van der Waals surface area contributed by atoms with Gasteiger partial charge in [0.05, 0.1) is 7.11 Å². The van der Waals surface area contributed by atoms with Crippen LogP contribution in [0.25, 0.3) is 0 Å². The van der Waals surface area contributed by atoms with Gasteiger partial charge in [-0.3, -0.25) is 4.90 Å². The maximum Gasteiger partial charge on any atom is 0.123 e. The average Bonchev–Trinajstić information content (AvgIpc) is 2.49. The zero-order valence-corrected chi connectivity index (χ0v) is 14.5. The van der Waals surface area contributed by atoms with Gasteiger partial charge in [-0.05, 0) is 31.0 Å². The van der Waals surface area contributed by atoms with Crippen LogP contribution < -0.4 is 10.1 Å². The number of hydrogen-bond donors (Lipinski definition) is 1. The zero-order valence-electron chi connectivity index (χ0n) is 12.9. The first kappa shape index (κ1) is 21.2. The van der Waals surface area contributed by atoms with Gasteiger partial charge in [0.25, 0.3) is 0 Å². The minimum atomic E-state index is -0.209. The third-order valence-corrected chi connectivity index (χ3v) is 3.79. The molecule has 0 bridgehead atoms. The largest absolute Gasteiger partial charge is 0.496 e. The normalized spacial score (nSPS) is 16.1. The van der Waals surface area contributed by atoms with Crippen molar-refractivity contribution in [3.05, 3.63) is 42.2 Å². The summed E-state index contributed by atoms with van der Waals surface area (Å²) in [6, 6.07) is 4.95. The van der Waals surface area contributed by atoms with Crippen molar-refractivity contribution in [1.82, 2.24) is 10.2 Å². The van der Waals surface area contributed by atoms with Crippen molar-refractivity contribution in [3.63, 3.8) is 0 Å². The lowest BCUT2D eigenvalue weighted by molar-refractivity contribution is 0.163. The van der Waals surface area contributed by atoms with Gasteiger partial charge in [0.2, 0.25) is 0 Å². The summed E-state index contributed by atoms with van der Waals surface area (Å²) in [4.78, 5) is 2.40. The topological polar surface area (TPSA) is 24.5 Å². The van der Waals surface area contributed by atoms with E-state index >= 15 is 0 Å². The van der Waals surface area contributed by atoms with Crippen LogP contribution in [0.3, 0.4) is 0 Å². The van der Waals surface area contributed by atoms with E-state index in [-0.39, 0.29) is 36.7 Å². The molecule has 0 aliphatic carbocycles. The Hall–Kier alpha value is -0.810. The van der Waals surface area contributed by atoms with Crippen LogP contribution in [0.5, 0.6) is 5.75 Å². The van der Waals surface area contributed by atoms with Crippen molar-refractivity contribution in [2.24, 2.45) is 0 Å². The number of rotatable bonds is 6. The fourth-order valence-electron chi connectivity index (χ4n) is 2.77. The maximum absolute atomic E-state index is 13.6. The highest BCUT2D eigenvalue weighted by atomic mass is 35.5. The number of allylic oxidation sites excluding steroid dienone is 1. The first-order chi connectivity index (χ1) is 9.76. The van der Waals surface area contributed by atoms with Gasteiger partial charge in [-0.15, -0.1) is 31.4 Å². The minimum absolute atomic E-state index is 0. The molecule has 1 heterocycles. The van der Waals surface area contributed by atoms with E-state index in [2.05, 4.69) is 16.8 Å². The average molecular weight is 351 g/mol. The van der Waals surface area contributed by atoms with E-state index in [9.17, 15) is 4.39 Å². The van der Waals surface area contributed by atoms with Crippen LogP contribution in [0.4, 0.5) is 4.39 Å². The van der Waals surface area contributed by atoms with E-state index in [1.165, 1.54) is 6.07 Å². The number of methoxy groups -OCH3 is 1. The Kier molecular flexibility index (Phi) is 10.4. The van der Waals surface area contributed by atoms with E-state index in [4.69, 9.17) is 4.74 Å². The summed E-state index contributed by atoms with van der Waals surface area (Å²) in [7, 11) is 1.64. The molecule has 1 aliphatic rings. The molecule has 0 radical (unpaired) electrons. The molecule has 0 aromatic heterocycles. The molecule has 22 heavy (non-hydrogen) atoms. The number of nitrogens with one attached hydrogen (secondary N) is 1. The molecule has 0 unspecified atom stereocenters. The Morgan fingerprint density at radius 1 is 1.36 bits per heavy atom. The fraction of sp³-hybridized carbons (Fsp3) is 0.500. The van der Waals surface area contributed by atoms with Gasteiger partial charge >= 0.3 is 0 Å². The quantitative estimate of drug-likeness (QED) is 0.793. The summed E-state index contributed by atoms with van der Waals surface area (Å²) >= 11 is 0. The standard InChI is InChI=1S/C16H23FN2O.2ClH/c1-3-4-5-15(19-10-8-18-9-11-19)14-12-13(17)6-7-16(14)20-2;;/h3,6-7,12,15,18H,1,4-5,8-11H2,2H3;2*1H/t15-;;/m0../s1. The summed E-state index contributed by atoms with van der Waals surface area (Å²) in [5.74, 6) is 0.554. The van der Waals surface area contributed by atoms with E-state index in [1.54, 1.807) is 19.2 Å². The SMILES string of the molecule is C=CCC[C@@H](c1cc(F)ccc1OC)N1CCNCC1.Cl.Cl. The molecule has 1 atom stereocenters. The van der Waals surface area contributed by atoms with Crippen molar-refractivity contribution in [1.29, 1.82) is 0 Å². The third kappa shape index (κ3) is 5.43. The molecule has 1 aromatic rings. The molecule has 0 amide bonds. The second-order valence-corrected chi connectivity index (χ2v) is 5.05. The van der Waals surface area contributed by atoms with Crippen molar-refractivity contribution in [3.8, 4) is 5.75 Å².